The molecule has 1 fully saturated rings. The SMILES string of the molecule is COc1cc(C(C)O)ccc1OCCCC1CNCCC1C(c1ccc(F)cc1)c1ccc(F)cc1. The fraction of sp³-hybridized carbons (Fsp3) is 0.400. The minimum absolute atomic E-state index is 0.0623. The maximum absolute atomic E-state index is 13.7. The zero-order chi connectivity index (χ0) is 25.5. The quantitative estimate of drug-likeness (QED) is 0.327. The highest BCUT2D eigenvalue weighted by atomic mass is 19.1. The molecule has 0 saturated carbocycles. The van der Waals surface area contributed by atoms with E-state index in [1.165, 1.54) is 24.3 Å². The zero-order valence-electron chi connectivity index (χ0n) is 20.9. The van der Waals surface area contributed by atoms with Crippen LogP contribution in [0.3, 0.4) is 0 Å². The van der Waals surface area contributed by atoms with Gasteiger partial charge in [0, 0.05) is 5.92 Å². The first-order valence-electron chi connectivity index (χ1n) is 12.7. The van der Waals surface area contributed by atoms with Crippen molar-refractivity contribution in [1.82, 2.24) is 5.32 Å². The second-order valence-electron chi connectivity index (χ2n) is 9.57. The van der Waals surface area contributed by atoms with E-state index in [1.54, 1.807) is 20.1 Å². The highest BCUT2D eigenvalue weighted by Gasteiger charge is 2.33. The number of piperidine rings is 1. The lowest BCUT2D eigenvalue weighted by Crippen LogP contribution is -2.39. The fourth-order valence-corrected chi connectivity index (χ4v) is 5.32. The number of aliphatic hydroxyl groups is 1. The average molecular weight is 496 g/mol. The van der Waals surface area contributed by atoms with Crippen LogP contribution >= 0.6 is 0 Å². The Morgan fingerprint density at radius 2 is 1.53 bits per heavy atom. The van der Waals surface area contributed by atoms with Gasteiger partial charge in [-0.05, 0) is 104 Å². The molecule has 1 heterocycles. The first kappa shape index (κ1) is 26.1. The number of aliphatic hydroxyl groups excluding tert-OH is 1. The first-order chi connectivity index (χ1) is 17.5. The molecule has 3 aromatic carbocycles. The third-order valence-electron chi connectivity index (χ3n) is 7.20. The lowest BCUT2D eigenvalue weighted by atomic mass is 9.70. The lowest BCUT2D eigenvalue weighted by Gasteiger charge is -2.38. The van der Waals surface area contributed by atoms with Crippen LogP contribution in [0.5, 0.6) is 11.5 Å². The van der Waals surface area contributed by atoms with Crippen LogP contribution in [0.25, 0.3) is 0 Å². The summed E-state index contributed by atoms with van der Waals surface area (Å²) in [5.74, 6) is 1.55. The van der Waals surface area contributed by atoms with E-state index in [0.29, 0.717) is 29.9 Å². The van der Waals surface area contributed by atoms with E-state index in [9.17, 15) is 13.9 Å². The molecule has 192 valence electrons. The number of rotatable bonds is 10. The van der Waals surface area contributed by atoms with E-state index in [1.807, 2.05) is 36.4 Å². The normalized spacial score (nSPS) is 18.7. The monoisotopic (exact) mass is 495 g/mol. The third-order valence-corrected chi connectivity index (χ3v) is 7.20. The largest absolute Gasteiger partial charge is 0.493 e. The summed E-state index contributed by atoms with van der Waals surface area (Å²) in [5, 5.41) is 13.3. The number of halogens is 2. The van der Waals surface area contributed by atoms with Crippen molar-refractivity contribution in [2.45, 2.75) is 38.2 Å². The predicted octanol–water partition coefficient (Wildman–Crippen LogP) is 6.24. The Hall–Kier alpha value is -2.96. The van der Waals surface area contributed by atoms with E-state index < -0.39 is 6.10 Å². The highest BCUT2D eigenvalue weighted by molar-refractivity contribution is 5.43. The number of nitrogens with one attached hydrogen (secondary N) is 1. The van der Waals surface area contributed by atoms with Gasteiger partial charge in [0.2, 0.25) is 0 Å². The summed E-state index contributed by atoms with van der Waals surface area (Å²) in [6.07, 6.45) is 2.24. The van der Waals surface area contributed by atoms with Crippen molar-refractivity contribution < 1.29 is 23.4 Å². The topological polar surface area (TPSA) is 50.7 Å². The molecular weight excluding hydrogens is 460 g/mol. The summed E-state index contributed by atoms with van der Waals surface area (Å²) in [6, 6.07) is 18.9. The van der Waals surface area contributed by atoms with Crippen LogP contribution in [0, 0.1) is 23.5 Å². The van der Waals surface area contributed by atoms with Gasteiger partial charge in [-0.2, -0.15) is 0 Å². The smallest absolute Gasteiger partial charge is 0.161 e. The van der Waals surface area contributed by atoms with Gasteiger partial charge in [-0.25, -0.2) is 8.78 Å². The van der Waals surface area contributed by atoms with Gasteiger partial charge in [-0.3, -0.25) is 0 Å². The molecule has 4 rings (SSSR count). The minimum Gasteiger partial charge on any atom is -0.493 e. The number of methoxy groups -OCH3 is 1. The van der Waals surface area contributed by atoms with Gasteiger partial charge in [0.25, 0.3) is 0 Å². The molecule has 0 amide bonds. The molecule has 4 nitrogen and oxygen atoms in total. The van der Waals surface area contributed by atoms with Gasteiger partial charge >= 0.3 is 0 Å². The van der Waals surface area contributed by atoms with Gasteiger partial charge in [-0.1, -0.05) is 30.3 Å². The van der Waals surface area contributed by atoms with Crippen molar-refractivity contribution in [3.05, 3.63) is 95.1 Å². The predicted molar refractivity (Wildman–Crippen MR) is 137 cm³/mol. The second kappa shape index (κ2) is 12.3. The van der Waals surface area contributed by atoms with Crippen LogP contribution in [0.1, 0.15) is 54.9 Å². The Morgan fingerprint density at radius 1 is 0.917 bits per heavy atom. The Morgan fingerprint density at radius 3 is 2.11 bits per heavy atom. The molecule has 2 N–H and O–H groups in total. The van der Waals surface area contributed by atoms with Crippen LogP contribution in [0.4, 0.5) is 8.78 Å². The molecule has 1 saturated heterocycles. The molecule has 0 aliphatic carbocycles. The van der Waals surface area contributed by atoms with Crippen molar-refractivity contribution in [2.24, 2.45) is 11.8 Å². The van der Waals surface area contributed by atoms with Crippen molar-refractivity contribution in [1.29, 1.82) is 0 Å². The third kappa shape index (κ3) is 6.42. The standard InChI is InChI=1S/C30H35F2NO3/c1-20(34)23-9-14-28(29(18-23)35-2)36-17-3-4-24-19-33-16-15-27(24)30(21-5-10-25(31)11-6-21)22-7-12-26(32)13-8-22/h5-14,18,20,24,27,30,33-34H,3-4,15-17,19H2,1-2H3. The summed E-state index contributed by atoms with van der Waals surface area (Å²) in [5.41, 5.74) is 2.89. The summed E-state index contributed by atoms with van der Waals surface area (Å²) in [6.45, 7) is 4.08. The van der Waals surface area contributed by atoms with Crippen molar-refractivity contribution in [2.75, 3.05) is 26.8 Å². The number of hydrogen-bond acceptors (Lipinski definition) is 4. The van der Waals surface area contributed by atoms with E-state index >= 15 is 0 Å². The lowest BCUT2D eigenvalue weighted by molar-refractivity contribution is 0.196. The molecule has 36 heavy (non-hydrogen) atoms. The van der Waals surface area contributed by atoms with Crippen LogP contribution in [-0.4, -0.2) is 31.9 Å². The molecule has 0 bridgehead atoms. The summed E-state index contributed by atoms with van der Waals surface area (Å²) < 4.78 is 38.9. The molecule has 3 unspecified atom stereocenters. The molecule has 3 aromatic rings. The van der Waals surface area contributed by atoms with Crippen molar-refractivity contribution >= 4 is 0 Å². The van der Waals surface area contributed by atoms with Crippen LogP contribution in [-0.2, 0) is 0 Å². The van der Waals surface area contributed by atoms with Crippen LogP contribution in [0.2, 0.25) is 0 Å². The number of ether oxygens (including phenoxy) is 2. The van der Waals surface area contributed by atoms with Crippen molar-refractivity contribution in [3.8, 4) is 11.5 Å². The highest BCUT2D eigenvalue weighted by Crippen LogP contribution is 2.41. The van der Waals surface area contributed by atoms with Gasteiger partial charge in [0.05, 0.1) is 19.8 Å². The van der Waals surface area contributed by atoms with Crippen molar-refractivity contribution in [3.63, 3.8) is 0 Å². The first-order valence-corrected chi connectivity index (χ1v) is 12.7. The molecule has 0 spiro atoms. The Balaban J connectivity index is 1.46. The van der Waals surface area contributed by atoms with E-state index in [4.69, 9.17) is 9.47 Å². The van der Waals surface area contributed by atoms with Gasteiger partial charge < -0.3 is 19.9 Å². The molecule has 1 aliphatic rings. The zero-order valence-corrected chi connectivity index (χ0v) is 20.9. The molecule has 1 aliphatic heterocycles. The molecule has 3 atom stereocenters. The summed E-state index contributed by atoms with van der Waals surface area (Å²) >= 11 is 0. The van der Waals surface area contributed by atoms with Crippen LogP contribution in [0.15, 0.2) is 66.7 Å². The Kier molecular flexibility index (Phi) is 8.94. The number of hydrogen-bond donors (Lipinski definition) is 2. The van der Waals surface area contributed by atoms with E-state index in [0.717, 1.165) is 49.0 Å². The summed E-state index contributed by atoms with van der Waals surface area (Å²) in [4.78, 5) is 0. The number of benzene rings is 3. The molecule has 0 radical (unpaired) electrons. The van der Waals surface area contributed by atoms with Gasteiger partial charge in [0.1, 0.15) is 11.6 Å². The molecular formula is C30H35F2NO3. The molecule has 0 aromatic heterocycles. The molecule has 6 heteroatoms. The maximum Gasteiger partial charge on any atom is 0.161 e. The second-order valence-corrected chi connectivity index (χ2v) is 9.57. The fourth-order valence-electron chi connectivity index (χ4n) is 5.32. The van der Waals surface area contributed by atoms with E-state index in [2.05, 4.69) is 5.32 Å². The maximum atomic E-state index is 13.7. The van der Waals surface area contributed by atoms with Gasteiger partial charge in [-0.15, -0.1) is 0 Å². The Labute approximate surface area is 212 Å². The van der Waals surface area contributed by atoms with Gasteiger partial charge in [0.15, 0.2) is 11.5 Å². The average Bonchev–Trinajstić information content (AvgIpc) is 2.89. The van der Waals surface area contributed by atoms with E-state index in [-0.39, 0.29) is 17.6 Å². The summed E-state index contributed by atoms with van der Waals surface area (Å²) in [7, 11) is 1.59. The minimum atomic E-state index is -0.571. The Bertz CT molecular complexity index is 1060. The van der Waals surface area contributed by atoms with Crippen LogP contribution < -0.4 is 14.8 Å².